The third kappa shape index (κ3) is 3.09. The minimum atomic E-state index is -0.120. The molecule has 0 radical (unpaired) electrons. The van der Waals surface area contributed by atoms with Gasteiger partial charge in [0.25, 0.3) is 0 Å². The van der Waals surface area contributed by atoms with Crippen molar-refractivity contribution in [1.29, 1.82) is 0 Å². The summed E-state index contributed by atoms with van der Waals surface area (Å²) in [4.78, 5) is 31.5. The first kappa shape index (κ1) is 14.9. The van der Waals surface area contributed by atoms with E-state index in [9.17, 15) is 9.59 Å². The first-order valence-corrected chi connectivity index (χ1v) is 7.58. The molecule has 118 valence electrons. The van der Waals surface area contributed by atoms with Gasteiger partial charge in [0.2, 0.25) is 11.8 Å². The van der Waals surface area contributed by atoms with Crippen LogP contribution in [0.15, 0.2) is 18.6 Å². The third-order valence-corrected chi connectivity index (χ3v) is 4.31. The minimum Gasteiger partial charge on any atom is -0.376 e. The molecule has 1 saturated carbocycles. The van der Waals surface area contributed by atoms with E-state index in [2.05, 4.69) is 20.6 Å². The molecular formula is C15H20N4O3. The summed E-state index contributed by atoms with van der Waals surface area (Å²) in [7, 11) is 0. The van der Waals surface area contributed by atoms with E-state index in [1.807, 2.05) is 0 Å². The lowest BCUT2D eigenvalue weighted by Gasteiger charge is -2.47. The maximum atomic E-state index is 12.1. The van der Waals surface area contributed by atoms with Crippen molar-refractivity contribution in [1.82, 2.24) is 20.6 Å². The van der Waals surface area contributed by atoms with Crippen LogP contribution >= 0.6 is 0 Å². The molecule has 2 aliphatic rings. The third-order valence-electron chi connectivity index (χ3n) is 4.31. The average Bonchev–Trinajstić information content (AvgIpc) is 2.94. The summed E-state index contributed by atoms with van der Waals surface area (Å²) in [5.41, 5.74) is 0.798. The predicted molar refractivity (Wildman–Crippen MR) is 77.7 cm³/mol. The number of aromatic nitrogens is 2. The Balaban J connectivity index is 1.52. The highest BCUT2D eigenvalue weighted by Crippen LogP contribution is 2.39. The number of hydrogen-bond acceptors (Lipinski definition) is 5. The molecule has 7 heteroatoms. The van der Waals surface area contributed by atoms with Crippen LogP contribution in [-0.2, 0) is 20.7 Å². The number of hydrogen-bond donors (Lipinski definition) is 2. The molecule has 1 aliphatic carbocycles. The molecule has 0 aromatic carbocycles. The van der Waals surface area contributed by atoms with Crippen LogP contribution in [0.3, 0.4) is 0 Å². The molecule has 1 aromatic heterocycles. The van der Waals surface area contributed by atoms with E-state index < -0.39 is 0 Å². The van der Waals surface area contributed by atoms with Gasteiger partial charge in [-0.1, -0.05) is 0 Å². The molecular weight excluding hydrogens is 284 g/mol. The summed E-state index contributed by atoms with van der Waals surface area (Å²) in [6.07, 6.45) is 6.77. The van der Waals surface area contributed by atoms with E-state index in [0.717, 1.165) is 12.1 Å². The van der Waals surface area contributed by atoms with Gasteiger partial charge < -0.3 is 15.4 Å². The van der Waals surface area contributed by atoms with Gasteiger partial charge in [-0.05, 0) is 12.8 Å². The monoisotopic (exact) mass is 304 g/mol. The number of aryl methyl sites for hydroxylation is 1. The topological polar surface area (TPSA) is 93.2 Å². The second kappa shape index (κ2) is 6.39. The maximum Gasteiger partial charge on any atom is 0.220 e. The van der Waals surface area contributed by atoms with Gasteiger partial charge in [0.15, 0.2) is 0 Å². The lowest BCUT2D eigenvalue weighted by molar-refractivity contribution is -0.130. The Morgan fingerprint density at radius 3 is 2.91 bits per heavy atom. The molecule has 0 unspecified atom stereocenters. The van der Waals surface area contributed by atoms with E-state index in [0.29, 0.717) is 25.4 Å². The second-order valence-corrected chi connectivity index (χ2v) is 5.80. The van der Waals surface area contributed by atoms with Gasteiger partial charge in [0.1, 0.15) is 0 Å². The highest BCUT2D eigenvalue weighted by molar-refractivity contribution is 5.77. The number of fused-ring (bicyclic) bond motifs is 1. The smallest absolute Gasteiger partial charge is 0.220 e. The number of rotatable bonds is 5. The zero-order valence-corrected chi connectivity index (χ0v) is 12.5. The Morgan fingerprint density at radius 1 is 1.32 bits per heavy atom. The molecule has 1 saturated heterocycles. The zero-order valence-electron chi connectivity index (χ0n) is 12.5. The van der Waals surface area contributed by atoms with Crippen LogP contribution in [-0.4, -0.2) is 46.6 Å². The molecule has 7 nitrogen and oxygen atoms in total. The normalized spacial score (nSPS) is 29.3. The van der Waals surface area contributed by atoms with E-state index in [1.54, 1.807) is 18.6 Å². The van der Waals surface area contributed by atoms with Crippen molar-refractivity contribution in [2.45, 2.75) is 44.4 Å². The fraction of sp³-hybridized carbons (Fsp3) is 0.600. The van der Waals surface area contributed by atoms with Gasteiger partial charge in [-0.25, -0.2) is 0 Å². The van der Waals surface area contributed by atoms with Crippen LogP contribution in [0.2, 0.25) is 0 Å². The van der Waals surface area contributed by atoms with E-state index in [1.165, 1.54) is 6.92 Å². The Labute approximate surface area is 128 Å². The molecule has 0 spiro atoms. The van der Waals surface area contributed by atoms with E-state index >= 15 is 0 Å². The average molecular weight is 304 g/mol. The minimum absolute atomic E-state index is 0.0312. The van der Waals surface area contributed by atoms with Crippen molar-refractivity contribution < 1.29 is 14.3 Å². The highest BCUT2D eigenvalue weighted by atomic mass is 16.5. The standard InChI is InChI=1S/C15H20N4O3/c1-9(20)18-14-13(11-4-7-22-15(11)14)19-12(21)3-2-10-8-16-5-6-17-10/h5-6,8,11,13-15H,2-4,7H2,1H3,(H,18,20)(H,19,21)/t11-,13+,14-,15-/m0/s1. The van der Waals surface area contributed by atoms with Crippen LogP contribution < -0.4 is 10.6 Å². The van der Waals surface area contributed by atoms with Gasteiger partial charge in [-0.3, -0.25) is 19.6 Å². The zero-order chi connectivity index (χ0) is 15.5. The van der Waals surface area contributed by atoms with Crippen molar-refractivity contribution in [2.24, 2.45) is 5.92 Å². The van der Waals surface area contributed by atoms with Crippen LogP contribution in [0, 0.1) is 5.92 Å². The molecule has 2 N–H and O–H groups in total. The summed E-state index contributed by atoms with van der Waals surface area (Å²) in [5.74, 6) is 0.173. The van der Waals surface area contributed by atoms with Gasteiger partial charge in [-0.15, -0.1) is 0 Å². The molecule has 1 aromatic rings. The van der Waals surface area contributed by atoms with Crippen molar-refractivity contribution >= 4 is 11.8 Å². The number of ether oxygens (including phenoxy) is 1. The SMILES string of the molecule is CC(=O)N[C@H]1[C@H](NC(=O)CCc2cnccn2)[C@@H]2CCO[C@@H]21. The first-order chi connectivity index (χ1) is 10.6. The van der Waals surface area contributed by atoms with Crippen LogP contribution in [0.4, 0.5) is 0 Å². The summed E-state index contributed by atoms with van der Waals surface area (Å²) >= 11 is 0. The molecule has 2 fully saturated rings. The van der Waals surface area contributed by atoms with Crippen molar-refractivity contribution in [2.75, 3.05) is 6.61 Å². The molecule has 1 aliphatic heterocycles. The fourth-order valence-corrected chi connectivity index (χ4v) is 3.27. The molecule has 2 amide bonds. The lowest BCUT2D eigenvalue weighted by atomic mass is 9.71. The molecule has 3 rings (SSSR count). The molecule has 4 atom stereocenters. The number of carbonyl (C=O) groups excluding carboxylic acids is 2. The number of nitrogens with zero attached hydrogens (tertiary/aromatic N) is 2. The first-order valence-electron chi connectivity index (χ1n) is 7.58. The summed E-state index contributed by atoms with van der Waals surface area (Å²) < 4.78 is 5.62. The van der Waals surface area contributed by atoms with Crippen molar-refractivity contribution in [3.8, 4) is 0 Å². The summed E-state index contributed by atoms with van der Waals surface area (Å²) in [5, 5.41) is 5.91. The fourth-order valence-electron chi connectivity index (χ4n) is 3.27. The van der Waals surface area contributed by atoms with Gasteiger partial charge in [0, 0.05) is 44.5 Å². The highest BCUT2D eigenvalue weighted by Gasteiger charge is 2.54. The maximum absolute atomic E-state index is 12.1. The molecule has 22 heavy (non-hydrogen) atoms. The Bertz CT molecular complexity index is 551. The molecule has 0 bridgehead atoms. The number of nitrogens with one attached hydrogen (secondary N) is 2. The Morgan fingerprint density at radius 2 is 2.18 bits per heavy atom. The Hall–Kier alpha value is -2.02. The summed E-state index contributed by atoms with van der Waals surface area (Å²) in [6, 6.07) is -0.156. The van der Waals surface area contributed by atoms with Gasteiger partial charge in [-0.2, -0.15) is 0 Å². The summed E-state index contributed by atoms with van der Waals surface area (Å²) in [6.45, 7) is 2.17. The predicted octanol–water partition coefficient (Wildman–Crippen LogP) is -0.183. The van der Waals surface area contributed by atoms with Crippen molar-refractivity contribution in [3.63, 3.8) is 0 Å². The van der Waals surface area contributed by atoms with E-state index in [4.69, 9.17) is 4.74 Å². The molecule has 2 heterocycles. The number of amides is 2. The van der Waals surface area contributed by atoms with Gasteiger partial charge in [0.05, 0.1) is 23.9 Å². The van der Waals surface area contributed by atoms with Crippen molar-refractivity contribution in [3.05, 3.63) is 24.3 Å². The Kier molecular flexibility index (Phi) is 4.33. The van der Waals surface area contributed by atoms with Crippen LogP contribution in [0.1, 0.15) is 25.5 Å². The second-order valence-electron chi connectivity index (χ2n) is 5.80. The van der Waals surface area contributed by atoms with Crippen LogP contribution in [0.5, 0.6) is 0 Å². The quantitative estimate of drug-likeness (QED) is 0.787. The van der Waals surface area contributed by atoms with Crippen LogP contribution in [0.25, 0.3) is 0 Å². The van der Waals surface area contributed by atoms with Gasteiger partial charge >= 0.3 is 0 Å². The number of carbonyl (C=O) groups is 2. The lowest BCUT2D eigenvalue weighted by Crippen LogP contribution is -2.70. The largest absolute Gasteiger partial charge is 0.376 e. The van der Waals surface area contributed by atoms with E-state index in [-0.39, 0.29) is 30.0 Å².